The predicted octanol–water partition coefficient (Wildman–Crippen LogP) is 3.91. The van der Waals surface area contributed by atoms with E-state index >= 15 is 0 Å². The number of likely N-dealkylation sites (tertiary alicyclic amines) is 1. The second-order valence-electron chi connectivity index (χ2n) is 9.21. The third-order valence-electron chi connectivity index (χ3n) is 6.97. The van der Waals surface area contributed by atoms with E-state index in [1.807, 2.05) is 30.5 Å². The van der Waals surface area contributed by atoms with Crippen molar-refractivity contribution >= 4 is 22.5 Å². The van der Waals surface area contributed by atoms with E-state index < -0.39 is 0 Å². The summed E-state index contributed by atoms with van der Waals surface area (Å²) in [5, 5.41) is 14.5. The average molecular weight is 467 g/mol. The molecule has 8 heteroatoms. The third-order valence-corrected chi connectivity index (χ3v) is 6.97. The highest BCUT2D eigenvalue weighted by molar-refractivity contribution is 5.86. The minimum Gasteiger partial charge on any atom is -0.384 e. The molecule has 0 atom stereocenters. The number of hydrogen-bond acceptors (Lipinski definition) is 7. The monoisotopic (exact) mass is 466 g/mol. The molecule has 5 rings (SSSR count). The zero-order valence-electron chi connectivity index (χ0n) is 20.0. The topological polar surface area (TPSA) is 109 Å². The normalized spacial score (nSPS) is 14.7. The first-order valence-corrected chi connectivity index (χ1v) is 12.1. The minimum absolute atomic E-state index is 0.438. The summed E-state index contributed by atoms with van der Waals surface area (Å²) in [4.78, 5) is 15.0. The summed E-state index contributed by atoms with van der Waals surface area (Å²) in [6.07, 6.45) is 8.12. The summed E-state index contributed by atoms with van der Waals surface area (Å²) >= 11 is 0. The second kappa shape index (κ2) is 10.1. The van der Waals surface area contributed by atoms with Gasteiger partial charge in [0.2, 0.25) is 0 Å². The predicted molar refractivity (Wildman–Crippen MR) is 138 cm³/mol. The fourth-order valence-corrected chi connectivity index (χ4v) is 4.91. The first-order valence-electron chi connectivity index (χ1n) is 12.1. The maximum Gasteiger partial charge on any atom is 0.129 e. The van der Waals surface area contributed by atoms with E-state index in [-0.39, 0.29) is 0 Å². The lowest BCUT2D eigenvalue weighted by Gasteiger charge is -2.33. The van der Waals surface area contributed by atoms with Gasteiger partial charge in [0.1, 0.15) is 29.7 Å². The van der Waals surface area contributed by atoms with Crippen molar-refractivity contribution in [1.82, 2.24) is 24.4 Å². The Morgan fingerprint density at radius 3 is 2.71 bits per heavy atom. The zero-order chi connectivity index (χ0) is 24.2. The number of aromatic nitrogens is 4. The van der Waals surface area contributed by atoms with E-state index in [1.54, 1.807) is 12.5 Å². The Kier molecular flexibility index (Phi) is 6.59. The van der Waals surface area contributed by atoms with Gasteiger partial charge in [-0.05, 0) is 67.1 Å². The number of nitrogens with one attached hydrogen (secondary N) is 1. The molecule has 0 radical (unpaired) electrons. The Hall–Kier alpha value is -3.96. The Labute approximate surface area is 205 Å². The lowest BCUT2D eigenvalue weighted by atomic mass is 10.0. The number of aryl methyl sites for hydroxylation is 3. The Morgan fingerprint density at radius 1 is 1.14 bits per heavy atom. The molecular weight excluding hydrogens is 436 g/mol. The average Bonchev–Trinajstić information content (AvgIpc) is 3.25. The molecule has 3 N–H and O–H groups in total. The van der Waals surface area contributed by atoms with Crippen molar-refractivity contribution < 1.29 is 0 Å². The van der Waals surface area contributed by atoms with Crippen LogP contribution >= 0.6 is 0 Å². The molecule has 35 heavy (non-hydrogen) atoms. The van der Waals surface area contributed by atoms with Gasteiger partial charge in [0.05, 0.1) is 0 Å². The molecule has 0 bridgehead atoms. The van der Waals surface area contributed by atoms with Gasteiger partial charge in [0.15, 0.2) is 0 Å². The number of piperidine rings is 1. The molecule has 1 aromatic carbocycles. The van der Waals surface area contributed by atoms with Crippen LogP contribution in [-0.2, 0) is 19.5 Å². The molecular formula is C27H30N8. The summed E-state index contributed by atoms with van der Waals surface area (Å²) in [5.41, 5.74) is 11.2. The molecule has 0 saturated carbocycles. The summed E-state index contributed by atoms with van der Waals surface area (Å²) < 4.78 is 2.12. The van der Waals surface area contributed by atoms with E-state index in [0.717, 1.165) is 67.7 Å². The van der Waals surface area contributed by atoms with Crippen molar-refractivity contribution in [3.63, 3.8) is 0 Å². The van der Waals surface area contributed by atoms with Crippen LogP contribution in [0.15, 0.2) is 55.1 Å². The highest BCUT2D eigenvalue weighted by Crippen LogP contribution is 2.28. The van der Waals surface area contributed by atoms with Gasteiger partial charge in [-0.1, -0.05) is 12.1 Å². The summed E-state index contributed by atoms with van der Waals surface area (Å²) in [6, 6.07) is 15.0. The molecule has 1 saturated heterocycles. The van der Waals surface area contributed by atoms with Crippen LogP contribution in [0.4, 0.5) is 11.6 Å². The van der Waals surface area contributed by atoms with Crippen LogP contribution in [0.1, 0.15) is 35.2 Å². The molecule has 1 aliphatic heterocycles. The maximum atomic E-state index is 9.78. The fraction of sp³-hybridized carbons (Fsp3) is 0.333. The number of anilines is 2. The van der Waals surface area contributed by atoms with Gasteiger partial charge in [-0.3, -0.25) is 4.90 Å². The van der Waals surface area contributed by atoms with E-state index in [0.29, 0.717) is 17.6 Å². The van der Waals surface area contributed by atoms with Gasteiger partial charge in [0.25, 0.3) is 0 Å². The molecule has 1 aliphatic rings. The molecule has 0 amide bonds. The van der Waals surface area contributed by atoms with Gasteiger partial charge < -0.3 is 15.6 Å². The number of fused-ring (bicyclic) bond motifs is 1. The van der Waals surface area contributed by atoms with Crippen LogP contribution in [0.25, 0.3) is 10.9 Å². The summed E-state index contributed by atoms with van der Waals surface area (Å²) in [6.45, 7) is 5.91. The van der Waals surface area contributed by atoms with E-state index in [1.165, 1.54) is 11.1 Å². The van der Waals surface area contributed by atoms with Crippen molar-refractivity contribution in [2.75, 3.05) is 24.1 Å². The standard InChI is InChI=1S/C27H30N8/c1-19-21(17-34-11-8-22(9-12-34)33-27-6-10-30-18-32-27)3-4-25-24(19)14-23(15-28)35(25)13-7-20-2-5-26(29)31-16-20/h2-6,10,14,16,18,22H,7-9,11-13,17H2,1H3,(H2,29,31)(H,30,32,33). The largest absolute Gasteiger partial charge is 0.384 e. The van der Waals surface area contributed by atoms with Crippen LogP contribution in [0, 0.1) is 18.3 Å². The lowest BCUT2D eigenvalue weighted by molar-refractivity contribution is 0.211. The maximum absolute atomic E-state index is 9.78. The van der Waals surface area contributed by atoms with Crippen LogP contribution in [0.5, 0.6) is 0 Å². The van der Waals surface area contributed by atoms with E-state index in [2.05, 4.69) is 54.9 Å². The highest BCUT2D eigenvalue weighted by Gasteiger charge is 2.21. The van der Waals surface area contributed by atoms with Crippen molar-refractivity contribution in [3.8, 4) is 6.07 Å². The Bertz CT molecular complexity index is 1330. The number of nitrogens with zero attached hydrogens (tertiary/aromatic N) is 6. The molecule has 4 heterocycles. The molecule has 3 aromatic heterocycles. The van der Waals surface area contributed by atoms with Crippen molar-refractivity contribution in [2.24, 2.45) is 0 Å². The molecule has 0 aliphatic carbocycles. The second-order valence-corrected chi connectivity index (χ2v) is 9.21. The Balaban J connectivity index is 1.26. The quantitative estimate of drug-likeness (QED) is 0.425. The van der Waals surface area contributed by atoms with Crippen molar-refractivity contribution in [3.05, 3.63) is 77.5 Å². The number of nitrogens with two attached hydrogens (primary N) is 1. The number of pyridine rings is 1. The van der Waals surface area contributed by atoms with Gasteiger partial charge in [-0.15, -0.1) is 0 Å². The summed E-state index contributed by atoms with van der Waals surface area (Å²) in [7, 11) is 0. The number of hydrogen-bond donors (Lipinski definition) is 2. The highest BCUT2D eigenvalue weighted by atomic mass is 15.1. The molecule has 0 unspecified atom stereocenters. The SMILES string of the molecule is Cc1c(CN2CCC(Nc3ccncn3)CC2)ccc2c1cc(C#N)n2CCc1ccc(N)nc1. The fourth-order valence-electron chi connectivity index (χ4n) is 4.91. The van der Waals surface area contributed by atoms with Gasteiger partial charge in [-0.2, -0.15) is 5.26 Å². The van der Waals surface area contributed by atoms with Crippen LogP contribution in [0.3, 0.4) is 0 Å². The van der Waals surface area contributed by atoms with Gasteiger partial charge in [0, 0.05) is 55.5 Å². The summed E-state index contributed by atoms with van der Waals surface area (Å²) in [5.74, 6) is 1.41. The number of benzene rings is 1. The molecule has 8 nitrogen and oxygen atoms in total. The van der Waals surface area contributed by atoms with Crippen LogP contribution < -0.4 is 11.1 Å². The third kappa shape index (κ3) is 5.10. The number of nitriles is 1. The molecule has 1 fully saturated rings. The van der Waals surface area contributed by atoms with E-state index in [4.69, 9.17) is 5.73 Å². The van der Waals surface area contributed by atoms with Gasteiger partial charge >= 0.3 is 0 Å². The first-order chi connectivity index (χ1) is 17.1. The lowest BCUT2D eigenvalue weighted by Crippen LogP contribution is -2.38. The van der Waals surface area contributed by atoms with E-state index in [9.17, 15) is 5.26 Å². The zero-order valence-corrected chi connectivity index (χ0v) is 20.0. The molecule has 0 spiro atoms. The number of nitrogen functional groups attached to an aromatic ring is 1. The molecule has 4 aromatic rings. The first kappa shape index (κ1) is 22.8. The smallest absolute Gasteiger partial charge is 0.129 e. The van der Waals surface area contributed by atoms with Gasteiger partial charge in [-0.25, -0.2) is 15.0 Å². The van der Waals surface area contributed by atoms with Crippen LogP contribution in [-0.4, -0.2) is 43.6 Å². The van der Waals surface area contributed by atoms with Crippen molar-refractivity contribution in [2.45, 2.75) is 45.3 Å². The number of rotatable bonds is 7. The van der Waals surface area contributed by atoms with Crippen molar-refractivity contribution in [1.29, 1.82) is 5.26 Å². The Morgan fingerprint density at radius 2 is 2.00 bits per heavy atom. The molecule has 178 valence electrons. The minimum atomic E-state index is 0.438. The van der Waals surface area contributed by atoms with Crippen LogP contribution in [0.2, 0.25) is 0 Å².